The number of methoxy groups -OCH3 is 2. The summed E-state index contributed by atoms with van der Waals surface area (Å²) >= 11 is 0. The van der Waals surface area contributed by atoms with Crippen LogP contribution in [0.25, 0.3) is 0 Å². The van der Waals surface area contributed by atoms with Crippen molar-refractivity contribution >= 4 is 10.0 Å². The number of rotatable bonds is 6. The maximum Gasteiger partial charge on any atom is 0.246 e. The van der Waals surface area contributed by atoms with E-state index >= 15 is 0 Å². The lowest BCUT2D eigenvalue weighted by Gasteiger charge is -2.37. The molecule has 1 fully saturated rings. The van der Waals surface area contributed by atoms with Crippen LogP contribution in [0.3, 0.4) is 0 Å². The van der Waals surface area contributed by atoms with E-state index in [1.807, 2.05) is 18.2 Å². The summed E-state index contributed by atoms with van der Waals surface area (Å²) in [5.74, 6) is 0.821. The number of sulfonamides is 1. The number of ether oxygens (including phenoxy) is 2. The zero-order valence-corrected chi connectivity index (χ0v) is 16.8. The average molecular weight is 391 g/mol. The molecule has 3 rings (SSSR count). The molecule has 27 heavy (non-hydrogen) atoms. The molecular weight excluding hydrogens is 364 g/mol. The van der Waals surface area contributed by atoms with E-state index in [2.05, 4.69) is 24.0 Å². The summed E-state index contributed by atoms with van der Waals surface area (Å²) in [6, 6.07) is 15.4. The van der Waals surface area contributed by atoms with Crippen LogP contribution in [0.15, 0.2) is 53.4 Å². The standard InChI is InChI=1S/C20H26N2O4S/c1-16(17-7-5-4-6-8-17)21-11-13-22(14-12-21)27(23,24)20-15-18(25-2)9-10-19(20)26-3/h4-10,15-16H,11-14H2,1-3H3. The molecule has 1 atom stereocenters. The SMILES string of the molecule is COc1ccc(OC)c(S(=O)(=O)N2CCN(C(C)c3ccccc3)CC2)c1. The molecule has 1 aliphatic rings. The molecule has 1 heterocycles. The molecule has 0 N–H and O–H groups in total. The zero-order valence-electron chi connectivity index (χ0n) is 16.0. The third-order valence-electron chi connectivity index (χ3n) is 5.09. The predicted molar refractivity (Wildman–Crippen MR) is 105 cm³/mol. The number of benzene rings is 2. The van der Waals surface area contributed by atoms with Crippen LogP contribution < -0.4 is 9.47 Å². The maximum absolute atomic E-state index is 13.2. The van der Waals surface area contributed by atoms with Crippen molar-refractivity contribution in [2.75, 3.05) is 40.4 Å². The monoisotopic (exact) mass is 390 g/mol. The van der Waals surface area contributed by atoms with Crippen molar-refractivity contribution in [3.63, 3.8) is 0 Å². The van der Waals surface area contributed by atoms with Gasteiger partial charge in [-0.25, -0.2) is 8.42 Å². The molecule has 2 aromatic carbocycles. The first kappa shape index (κ1) is 19.7. The summed E-state index contributed by atoms with van der Waals surface area (Å²) in [6.07, 6.45) is 0. The van der Waals surface area contributed by atoms with Crippen LogP contribution in [-0.4, -0.2) is 58.0 Å². The lowest BCUT2D eigenvalue weighted by atomic mass is 10.1. The zero-order chi connectivity index (χ0) is 19.4. The quantitative estimate of drug-likeness (QED) is 0.759. The van der Waals surface area contributed by atoms with Gasteiger partial charge in [-0.15, -0.1) is 0 Å². The van der Waals surface area contributed by atoms with Gasteiger partial charge in [0.15, 0.2) is 0 Å². The summed E-state index contributed by atoms with van der Waals surface area (Å²) in [6.45, 7) is 4.41. The van der Waals surface area contributed by atoms with Gasteiger partial charge in [-0.2, -0.15) is 4.31 Å². The molecule has 1 saturated heterocycles. The Balaban J connectivity index is 1.75. The first-order valence-corrected chi connectivity index (χ1v) is 10.4. The van der Waals surface area contributed by atoms with E-state index in [4.69, 9.17) is 9.47 Å². The highest BCUT2D eigenvalue weighted by Gasteiger charge is 2.32. The third kappa shape index (κ3) is 4.10. The highest BCUT2D eigenvalue weighted by atomic mass is 32.2. The molecule has 0 spiro atoms. The van der Waals surface area contributed by atoms with Gasteiger partial charge in [-0.3, -0.25) is 4.90 Å². The molecule has 0 aromatic heterocycles. The van der Waals surface area contributed by atoms with Gasteiger partial charge < -0.3 is 9.47 Å². The highest BCUT2D eigenvalue weighted by Crippen LogP contribution is 2.31. The topological polar surface area (TPSA) is 59.1 Å². The van der Waals surface area contributed by atoms with E-state index < -0.39 is 10.0 Å². The van der Waals surface area contributed by atoms with E-state index in [-0.39, 0.29) is 10.9 Å². The summed E-state index contributed by atoms with van der Waals surface area (Å²) in [5, 5.41) is 0. The molecule has 1 aliphatic heterocycles. The lowest BCUT2D eigenvalue weighted by molar-refractivity contribution is 0.145. The molecular formula is C20H26N2O4S. The van der Waals surface area contributed by atoms with Crippen LogP contribution in [-0.2, 0) is 10.0 Å². The minimum Gasteiger partial charge on any atom is -0.497 e. The van der Waals surface area contributed by atoms with Gasteiger partial charge in [0.05, 0.1) is 14.2 Å². The van der Waals surface area contributed by atoms with Gasteiger partial charge in [-0.05, 0) is 24.6 Å². The van der Waals surface area contributed by atoms with Crippen molar-refractivity contribution < 1.29 is 17.9 Å². The molecule has 146 valence electrons. The fourth-order valence-corrected chi connectivity index (χ4v) is 4.99. The van der Waals surface area contributed by atoms with Gasteiger partial charge in [0, 0.05) is 38.3 Å². The van der Waals surface area contributed by atoms with Crippen molar-refractivity contribution in [2.24, 2.45) is 0 Å². The Bertz CT molecular complexity index is 863. The Morgan fingerprint density at radius 3 is 2.19 bits per heavy atom. The van der Waals surface area contributed by atoms with E-state index in [0.29, 0.717) is 37.7 Å². The smallest absolute Gasteiger partial charge is 0.246 e. The fraction of sp³-hybridized carbons (Fsp3) is 0.400. The summed E-state index contributed by atoms with van der Waals surface area (Å²) < 4.78 is 38.3. The molecule has 6 nitrogen and oxygen atoms in total. The van der Waals surface area contributed by atoms with Crippen molar-refractivity contribution in [2.45, 2.75) is 17.9 Å². The third-order valence-corrected chi connectivity index (χ3v) is 7.01. The van der Waals surface area contributed by atoms with Gasteiger partial charge in [0.1, 0.15) is 16.4 Å². The average Bonchev–Trinajstić information content (AvgIpc) is 2.73. The largest absolute Gasteiger partial charge is 0.497 e. The highest BCUT2D eigenvalue weighted by molar-refractivity contribution is 7.89. The Hall–Kier alpha value is -2.09. The Morgan fingerprint density at radius 1 is 0.926 bits per heavy atom. The van der Waals surface area contributed by atoms with Crippen molar-refractivity contribution in [3.05, 3.63) is 54.1 Å². The Kier molecular flexibility index (Phi) is 6.04. The molecule has 0 amide bonds. The number of piperazine rings is 1. The molecule has 0 radical (unpaired) electrons. The van der Waals surface area contributed by atoms with E-state index in [0.717, 1.165) is 0 Å². The maximum atomic E-state index is 13.2. The van der Waals surface area contributed by atoms with Gasteiger partial charge in [-0.1, -0.05) is 30.3 Å². The van der Waals surface area contributed by atoms with Crippen LogP contribution >= 0.6 is 0 Å². The van der Waals surface area contributed by atoms with Crippen molar-refractivity contribution in [1.82, 2.24) is 9.21 Å². The lowest BCUT2D eigenvalue weighted by Crippen LogP contribution is -2.49. The minimum absolute atomic E-state index is 0.147. The Labute approximate surface area is 161 Å². The molecule has 0 aliphatic carbocycles. The Morgan fingerprint density at radius 2 is 1.59 bits per heavy atom. The normalized spacial score (nSPS) is 17.4. The molecule has 7 heteroatoms. The first-order valence-electron chi connectivity index (χ1n) is 8.98. The second-order valence-corrected chi connectivity index (χ2v) is 8.45. The van der Waals surface area contributed by atoms with Crippen LogP contribution in [0.5, 0.6) is 11.5 Å². The number of nitrogens with zero attached hydrogens (tertiary/aromatic N) is 2. The summed E-state index contributed by atoms with van der Waals surface area (Å²) in [5.41, 5.74) is 1.24. The summed E-state index contributed by atoms with van der Waals surface area (Å²) in [7, 11) is -0.661. The molecule has 2 aromatic rings. The van der Waals surface area contributed by atoms with E-state index in [9.17, 15) is 8.42 Å². The van der Waals surface area contributed by atoms with Gasteiger partial charge in [0.2, 0.25) is 10.0 Å². The van der Waals surface area contributed by atoms with Crippen molar-refractivity contribution in [1.29, 1.82) is 0 Å². The first-order chi connectivity index (χ1) is 13.0. The van der Waals surface area contributed by atoms with Crippen LogP contribution in [0.2, 0.25) is 0 Å². The van der Waals surface area contributed by atoms with Crippen LogP contribution in [0.1, 0.15) is 18.5 Å². The van der Waals surface area contributed by atoms with Crippen molar-refractivity contribution in [3.8, 4) is 11.5 Å². The van der Waals surface area contributed by atoms with E-state index in [1.54, 1.807) is 12.1 Å². The van der Waals surface area contributed by atoms with E-state index in [1.165, 1.54) is 30.2 Å². The molecule has 0 bridgehead atoms. The fourth-order valence-electron chi connectivity index (χ4n) is 3.40. The van der Waals surface area contributed by atoms with Crippen LogP contribution in [0.4, 0.5) is 0 Å². The second kappa shape index (κ2) is 8.29. The number of hydrogen-bond acceptors (Lipinski definition) is 5. The van der Waals surface area contributed by atoms with Crippen LogP contribution in [0, 0.1) is 0 Å². The predicted octanol–water partition coefficient (Wildman–Crippen LogP) is 2.77. The van der Waals surface area contributed by atoms with Gasteiger partial charge >= 0.3 is 0 Å². The molecule has 0 saturated carbocycles. The minimum atomic E-state index is -3.65. The second-order valence-electron chi connectivity index (χ2n) is 6.54. The van der Waals surface area contributed by atoms with Gasteiger partial charge in [0.25, 0.3) is 0 Å². The number of hydrogen-bond donors (Lipinski definition) is 0. The summed E-state index contributed by atoms with van der Waals surface area (Å²) in [4.78, 5) is 2.46. The molecule has 1 unspecified atom stereocenters.